The van der Waals surface area contributed by atoms with Crippen molar-refractivity contribution >= 4 is 72.8 Å². The third-order valence-electron chi connectivity index (χ3n) is 11.7. The summed E-state index contributed by atoms with van der Waals surface area (Å²) in [6.07, 6.45) is 28.1. The van der Waals surface area contributed by atoms with E-state index >= 15 is 0 Å². The maximum Gasteiger partial charge on any atom is 2.00 e. The van der Waals surface area contributed by atoms with Gasteiger partial charge in [-0.25, -0.2) is 0 Å². The van der Waals surface area contributed by atoms with Gasteiger partial charge in [0.25, 0.3) is 0 Å². The van der Waals surface area contributed by atoms with E-state index in [1.54, 1.807) is 0 Å². The van der Waals surface area contributed by atoms with Crippen molar-refractivity contribution in [3.05, 3.63) is 71.8 Å². The van der Waals surface area contributed by atoms with Crippen molar-refractivity contribution in [1.82, 2.24) is 0 Å². The van der Waals surface area contributed by atoms with E-state index in [1.165, 1.54) is 89.2 Å². The second-order valence-electron chi connectivity index (χ2n) is 17.5. The molecule has 0 aliphatic rings. The largest absolute Gasteiger partial charge is 2.00 e. The minimum Gasteiger partial charge on any atom is -0.550 e. The molecule has 2 aromatic carbocycles. The Morgan fingerprint density at radius 3 is 0.969 bits per heavy atom. The fraction of sp³-hybridized carbons (Fsp3) is 0.704. The SMILES string of the molecule is CCC(CCC(CCCCCCCCCCCC(=O)[O-])OCc1ccccc1)OC(C)=O.CCC(CCC(CCCCCCCCCCCC(=O)[O-])OCc1ccccc1)OC(C)=O.[Ba+2]. The number of rotatable bonds is 40. The summed E-state index contributed by atoms with van der Waals surface area (Å²) in [5.74, 6) is -2.30. The Bertz CT molecular complexity index is 1320. The number of carbonyl (C=O) groups is 4. The molecule has 0 bridgehead atoms. The van der Waals surface area contributed by atoms with E-state index in [4.69, 9.17) is 18.9 Å². The zero-order valence-electron chi connectivity index (χ0n) is 41.1. The topological polar surface area (TPSA) is 151 Å². The molecule has 10 nitrogen and oxygen atoms in total. The second-order valence-corrected chi connectivity index (χ2v) is 17.5. The number of aliphatic carboxylic acids is 2. The Kier molecular flexibility index (Phi) is 42.8. The summed E-state index contributed by atoms with van der Waals surface area (Å²) in [6.45, 7) is 8.29. The van der Waals surface area contributed by atoms with Crippen molar-refractivity contribution in [3.8, 4) is 0 Å². The molecule has 4 unspecified atom stereocenters. The smallest absolute Gasteiger partial charge is 0.550 e. The molecule has 11 heteroatoms. The Hall–Kier alpha value is -2.19. The van der Waals surface area contributed by atoms with Gasteiger partial charge in [-0.3, -0.25) is 9.59 Å². The third kappa shape index (κ3) is 40.6. The predicted octanol–water partition coefficient (Wildman–Crippen LogP) is 11.1. The zero-order valence-corrected chi connectivity index (χ0v) is 45.5. The van der Waals surface area contributed by atoms with E-state index in [0.29, 0.717) is 13.2 Å². The molecule has 4 atom stereocenters. The van der Waals surface area contributed by atoms with Crippen LogP contribution in [0.1, 0.15) is 219 Å². The Balaban J connectivity index is 0.00000124. The maximum atomic E-state index is 11.3. The number of hydrogen-bond donors (Lipinski definition) is 0. The van der Waals surface area contributed by atoms with Crippen LogP contribution in [0.15, 0.2) is 60.7 Å². The van der Waals surface area contributed by atoms with Crippen LogP contribution >= 0.6 is 0 Å². The van der Waals surface area contributed by atoms with Gasteiger partial charge >= 0.3 is 60.8 Å². The van der Waals surface area contributed by atoms with Crippen molar-refractivity contribution in [2.75, 3.05) is 0 Å². The van der Waals surface area contributed by atoms with E-state index in [9.17, 15) is 29.4 Å². The summed E-state index contributed by atoms with van der Waals surface area (Å²) in [5.41, 5.74) is 2.37. The van der Waals surface area contributed by atoms with E-state index in [0.717, 1.165) is 103 Å². The van der Waals surface area contributed by atoms with Crippen LogP contribution in [-0.4, -0.2) is 97.2 Å². The van der Waals surface area contributed by atoms with Gasteiger partial charge in [-0.05, 0) is 88.2 Å². The van der Waals surface area contributed by atoms with Crippen LogP contribution in [0.2, 0.25) is 0 Å². The number of unbranched alkanes of at least 4 members (excludes halogenated alkanes) is 16. The molecule has 0 fully saturated rings. The number of ether oxygens (including phenoxy) is 4. The molecule has 65 heavy (non-hydrogen) atoms. The third-order valence-corrected chi connectivity index (χ3v) is 11.7. The molecule has 0 heterocycles. The molecule has 0 aliphatic carbocycles. The van der Waals surface area contributed by atoms with Crippen molar-refractivity contribution < 1.29 is 48.3 Å². The molecule has 2 rings (SSSR count). The first-order chi connectivity index (χ1) is 31.0. The van der Waals surface area contributed by atoms with Crippen LogP contribution in [0.4, 0.5) is 0 Å². The number of carboxylic acids is 2. The molecule has 0 N–H and O–H groups in total. The van der Waals surface area contributed by atoms with Crippen LogP contribution < -0.4 is 10.2 Å². The molecule has 0 spiro atoms. The van der Waals surface area contributed by atoms with E-state index in [-0.39, 0.29) is 98.1 Å². The maximum absolute atomic E-state index is 11.3. The Morgan fingerprint density at radius 1 is 0.415 bits per heavy atom. The Labute approximate surface area is 434 Å². The molecule has 0 aromatic heterocycles. The summed E-state index contributed by atoms with van der Waals surface area (Å²) in [5, 5.41) is 20.8. The fourth-order valence-electron chi connectivity index (χ4n) is 7.86. The minimum atomic E-state index is -0.937. The van der Waals surface area contributed by atoms with E-state index in [2.05, 4.69) is 38.1 Å². The number of carbonyl (C=O) groups excluding carboxylic acids is 4. The zero-order chi connectivity index (χ0) is 46.9. The van der Waals surface area contributed by atoms with Gasteiger partial charge in [-0.1, -0.05) is 177 Å². The van der Waals surface area contributed by atoms with Gasteiger partial charge in [0, 0.05) is 25.8 Å². The summed E-state index contributed by atoms with van der Waals surface area (Å²) in [6, 6.07) is 20.5. The summed E-state index contributed by atoms with van der Waals surface area (Å²) >= 11 is 0. The normalized spacial score (nSPS) is 12.7. The van der Waals surface area contributed by atoms with Crippen LogP contribution in [0.5, 0.6) is 0 Å². The Morgan fingerprint density at radius 2 is 0.692 bits per heavy atom. The molecule has 0 amide bonds. The summed E-state index contributed by atoms with van der Waals surface area (Å²) < 4.78 is 23.3. The molecular formula is C54H86BaO10. The van der Waals surface area contributed by atoms with E-state index in [1.807, 2.05) is 36.4 Å². The quantitative estimate of drug-likeness (QED) is 0.0358. The van der Waals surface area contributed by atoms with Crippen LogP contribution in [0.25, 0.3) is 0 Å². The predicted molar refractivity (Wildman–Crippen MR) is 258 cm³/mol. The fourth-order valence-corrected chi connectivity index (χ4v) is 7.86. The monoisotopic (exact) mass is 1030 g/mol. The first-order valence-electron chi connectivity index (χ1n) is 25.1. The number of hydrogen-bond acceptors (Lipinski definition) is 10. The van der Waals surface area contributed by atoms with E-state index < -0.39 is 11.9 Å². The van der Waals surface area contributed by atoms with Gasteiger partial charge in [-0.15, -0.1) is 0 Å². The second kappa shape index (κ2) is 44.3. The number of benzene rings is 2. The average Bonchev–Trinajstić information content (AvgIpc) is 3.28. The first-order valence-corrected chi connectivity index (χ1v) is 25.1. The van der Waals surface area contributed by atoms with Gasteiger partial charge in [0.2, 0.25) is 0 Å². The molecule has 364 valence electrons. The average molecular weight is 1030 g/mol. The molecule has 0 radical (unpaired) electrons. The molecular weight excluding hydrogens is 946 g/mol. The van der Waals surface area contributed by atoms with Gasteiger partial charge in [0.15, 0.2) is 0 Å². The number of carboxylic acid groups (broad SMARTS) is 2. The summed E-state index contributed by atoms with van der Waals surface area (Å²) in [7, 11) is 0. The molecule has 2 aromatic rings. The first kappa shape index (κ1) is 62.8. The van der Waals surface area contributed by atoms with Gasteiger partial charge in [0.05, 0.1) is 25.4 Å². The standard InChI is InChI=1S/2C27H44O5.Ba/c2*1-3-25(32-23(2)28)20-21-26(31-22-24-16-12-11-13-17-24)18-14-9-7-5-4-6-8-10-15-19-27(29)30;/h2*11-13,16-17,25-26H,3-10,14-15,18-22H2,1-2H3,(H,29,30);/q;;+2/p-2. The summed E-state index contributed by atoms with van der Waals surface area (Å²) in [4.78, 5) is 43.3. The van der Waals surface area contributed by atoms with Crippen molar-refractivity contribution in [1.29, 1.82) is 0 Å². The van der Waals surface area contributed by atoms with Gasteiger partial charge in [0.1, 0.15) is 12.2 Å². The molecule has 0 aliphatic heterocycles. The van der Waals surface area contributed by atoms with Crippen LogP contribution in [0, 0.1) is 0 Å². The van der Waals surface area contributed by atoms with Crippen molar-refractivity contribution in [3.63, 3.8) is 0 Å². The van der Waals surface area contributed by atoms with Gasteiger partial charge < -0.3 is 38.7 Å². The molecule has 0 saturated carbocycles. The van der Waals surface area contributed by atoms with Gasteiger partial charge in [-0.2, -0.15) is 0 Å². The van der Waals surface area contributed by atoms with Crippen molar-refractivity contribution in [2.45, 2.75) is 245 Å². The van der Waals surface area contributed by atoms with Crippen molar-refractivity contribution in [2.24, 2.45) is 0 Å². The minimum absolute atomic E-state index is 0. The molecule has 0 saturated heterocycles. The van der Waals surface area contributed by atoms with Crippen LogP contribution in [-0.2, 0) is 51.3 Å². The van der Waals surface area contributed by atoms with Crippen LogP contribution in [0.3, 0.4) is 0 Å². The number of esters is 2.